The Morgan fingerprint density at radius 1 is 1.29 bits per heavy atom. The average molecular weight is 270 g/mol. The second-order valence-corrected chi connectivity index (χ2v) is 4.62. The molecule has 1 aromatic carbocycles. The Hall–Kier alpha value is -1.33. The predicted octanol–water partition coefficient (Wildman–Crippen LogP) is 3.14. The van der Waals surface area contributed by atoms with Gasteiger partial charge in [-0.25, -0.2) is 14.4 Å². The summed E-state index contributed by atoms with van der Waals surface area (Å²) in [5.41, 5.74) is 6.16. The molecule has 2 aromatic rings. The van der Waals surface area contributed by atoms with E-state index in [2.05, 4.69) is 9.97 Å². The van der Waals surface area contributed by atoms with Crippen LogP contribution in [0.3, 0.4) is 0 Å². The first-order valence-corrected chi connectivity index (χ1v) is 6.17. The van der Waals surface area contributed by atoms with E-state index >= 15 is 0 Å². The molecule has 0 aliphatic rings. The Bertz CT molecular complexity index is 536. The average Bonchev–Trinajstić information content (AvgIpc) is 2.33. The van der Waals surface area contributed by atoms with Gasteiger partial charge >= 0.3 is 0 Å². The first-order valence-electron chi connectivity index (χ1n) is 4.80. The number of anilines is 1. The van der Waals surface area contributed by atoms with Crippen molar-refractivity contribution < 1.29 is 4.39 Å². The summed E-state index contributed by atoms with van der Waals surface area (Å²) >= 11 is 7.02. The largest absolute Gasteiger partial charge is 0.381 e. The molecule has 0 bridgehead atoms. The minimum Gasteiger partial charge on any atom is -0.381 e. The summed E-state index contributed by atoms with van der Waals surface area (Å²) in [7, 11) is 0. The number of thioether (sulfide) groups is 1. The van der Waals surface area contributed by atoms with Gasteiger partial charge in [0.05, 0.1) is 5.02 Å². The van der Waals surface area contributed by atoms with E-state index in [1.165, 1.54) is 24.0 Å². The lowest BCUT2D eigenvalue weighted by molar-refractivity contribution is 0.618. The van der Waals surface area contributed by atoms with E-state index in [0.717, 1.165) is 0 Å². The van der Waals surface area contributed by atoms with Crippen LogP contribution in [0.5, 0.6) is 0 Å². The molecular weight excluding hydrogens is 261 g/mol. The molecule has 0 spiro atoms. The van der Waals surface area contributed by atoms with Gasteiger partial charge in [0.1, 0.15) is 10.8 Å². The number of aromatic nitrogens is 2. The molecule has 1 heterocycles. The van der Waals surface area contributed by atoms with Crippen LogP contribution in [0.1, 0.15) is 5.56 Å². The zero-order valence-corrected chi connectivity index (χ0v) is 10.3. The molecular formula is C11H9ClFN3S. The second kappa shape index (κ2) is 5.33. The summed E-state index contributed by atoms with van der Waals surface area (Å²) in [6.07, 6.45) is 3.06. The van der Waals surface area contributed by atoms with Gasteiger partial charge < -0.3 is 5.73 Å². The van der Waals surface area contributed by atoms with E-state index in [4.69, 9.17) is 17.3 Å². The predicted molar refractivity (Wildman–Crippen MR) is 67.4 cm³/mol. The first kappa shape index (κ1) is 12.1. The lowest BCUT2D eigenvalue weighted by Crippen LogP contribution is -1.95. The van der Waals surface area contributed by atoms with Crippen LogP contribution in [0.15, 0.2) is 35.6 Å². The smallest absolute Gasteiger partial charge is 0.156 e. The Balaban J connectivity index is 2.13. The molecule has 0 atom stereocenters. The van der Waals surface area contributed by atoms with Crippen molar-refractivity contribution in [1.29, 1.82) is 0 Å². The van der Waals surface area contributed by atoms with Gasteiger partial charge in [-0.3, -0.25) is 0 Å². The Morgan fingerprint density at radius 3 is 2.82 bits per heavy atom. The summed E-state index contributed by atoms with van der Waals surface area (Å²) in [5.74, 6) is 0.360. The molecule has 0 aliphatic heterocycles. The number of halogens is 2. The van der Waals surface area contributed by atoms with Crippen molar-refractivity contribution in [3.05, 3.63) is 47.0 Å². The molecule has 88 valence electrons. The number of nitrogens with zero attached hydrogens (tertiary/aromatic N) is 2. The van der Waals surface area contributed by atoms with Gasteiger partial charge in [-0.1, -0.05) is 35.5 Å². The zero-order valence-electron chi connectivity index (χ0n) is 8.73. The van der Waals surface area contributed by atoms with E-state index in [1.807, 2.05) is 0 Å². The van der Waals surface area contributed by atoms with Crippen molar-refractivity contribution in [2.45, 2.75) is 10.8 Å². The van der Waals surface area contributed by atoms with Crippen molar-refractivity contribution in [2.75, 3.05) is 5.73 Å². The molecule has 0 unspecified atom stereocenters. The first-order chi connectivity index (χ1) is 8.18. The van der Waals surface area contributed by atoms with Crippen LogP contribution in [-0.4, -0.2) is 9.97 Å². The van der Waals surface area contributed by atoms with Crippen LogP contribution in [0.2, 0.25) is 5.02 Å². The molecule has 0 aliphatic carbocycles. The van der Waals surface area contributed by atoms with Crippen LogP contribution in [0.25, 0.3) is 0 Å². The van der Waals surface area contributed by atoms with Crippen LogP contribution in [-0.2, 0) is 5.75 Å². The summed E-state index contributed by atoms with van der Waals surface area (Å²) < 4.78 is 13.6. The highest BCUT2D eigenvalue weighted by Crippen LogP contribution is 2.27. The maximum absolute atomic E-state index is 13.6. The van der Waals surface area contributed by atoms with Gasteiger partial charge in [-0.15, -0.1) is 0 Å². The van der Waals surface area contributed by atoms with Gasteiger partial charge in [-0.2, -0.15) is 0 Å². The maximum atomic E-state index is 13.6. The van der Waals surface area contributed by atoms with E-state index < -0.39 is 5.82 Å². The zero-order chi connectivity index (χ0) is 12.3. The minimum atomic E-state index is -0.399. The molecule has 3 nitrogen and oxygen atoms in total. The van der Waals surface area contributed by atoms with E-state index in [0.29, 0.717) is 22.2 Å². The second-order valence-electron chi connectivity index (χ2n) is 3.25. The van der Waals surface area contributed by atoms with Crippen molar-refractivity contribution >= 4 is 29.2 Å². The highest BCUT2D eigenvalue weighted by molar-refractivity contribution is 7.98. The molecule has 2 N–H and O–H groups in total. The monoisotopic (exact) mass is 269 g/mol. The topological polar surface area (TPSA) is 51.8 Å². The van der Waals surface area contributed by atoms with E-state index in [1.54, 1.807) is 18.3 Å². The summed E-state index contributed by atoms with van der Waals surface area (Å²) in [6.45, 7) is 0. The van der Waals surface area contributed by atoms with E-state index in [-0.39, 0.29) is 5.02 Å². The maximum Gasteiger partial charge on any atom is 0.156 e. The van der Waals surface area contributed by atoms with Crippen LogP contribution >= 0.6 is 23.4 Å². The van der Waals surface area contributed by atoms with Crippen LogP contribution < -0.4 is 5.73 Å². The molecule has 0 fully saturated rings. The Kier molecular flexibility index (Phi) is 3.81. The van der Waals surface area contributed by atoms with E-state index in [9.17, 15) is 4.39 Å². The standard InChI is InChI=1S/C11H9ClFN3S/c12-8-3-1-2-7(9(8)13)6-17-11-10(14)15-4-5-16-11/h1-5H,6H2,(H2,14,15). The quantitative estimate of drug-likeness (QED) is 0.870. The number of nitrogens with two attached hydrogens (primary N) is 1. The molecule has 0 radical (unpaired) electrons. The number of nitrogen functional groups attached to an aromatic ring is 1. The summed E-state index contributed by atoms with van der Waals surface area (Å²) in [4.78, 5) is 7.97. The number of hydrogen-bond acceptors (Lipinski definition) is 4. The lowest BCUT2D eigenvalue weighted by atomic mass is 10.2. The minimum absolute atomic E-state index is 0.121. The molecule has 2 rings (SSSR count). The van der Waals surface area contributed by atoms with Crippen molar-refractivity contribution in [3.63, 3.8) is 0 Å². The third-order valence-corrected chi connectivity index (χ3v) is 3.42. The molecule has 1 aromatic heterocycles. The van der Waals surface area contributed by atoms with Gasteiger partial charge in [0.15, 0.2) is 5.82 Å². The Labute approximate surface area is 107 Å². The molecule has 0 amide bonds. The molecule has 0 saturated carbocycles. The Morgan fingerprint density at radius 2 is 2.06 bits per heavy atom. The van der Waals surface area contributed by atoms with Gasteiger partial charge in [0.25, 0.3) is 0 Å². The van der Waals surface area contributed by atoms with Crippen molar-refractivity contribution in [2.24, 2.45) is 0 Å². The van der Waals surface area contributed by atoms with Gasteiger partial charge in [0, 0.05) is 18.1 Å². The SMILES string of the molecule is Nc1nccnc1SCc1cccc(Cl)c1F. The molecule has 6 heteroatoms. The third kappa shape index (κ3) is 2.87. The number of benzene rings is 1. The van der Waals surface area contributed by atoms with Gasteiger partial charge in [-0.05, 0) is 11.6 Å². The number of hydrogen-bond donors (Lipinski definition) is 1. The van der Waals surface area contributed by atoms with Crippen LogP contribution in [0.4, 0.5) is 10.2 Å². The molecule has 17 heavy (non-hydrogen) atoms. The fourth-order valence-electron chi connectivity index (χ4n) is 1.25. The van der Waals surface area contributed by atoms with Crippen molar-refractivity contribution in [3.8, 4) is 0 Å². The summed E-state index contributed by atoms with van der Waals surface area (Å²) in [5, 5.41) is 0.710. The summed E-state index contributed by atoms with van der Waals surface area (Å²) in [6, 6.07) is 4.91. The number of rotatable bonds is 3. The third-order valence-electron chi connectivity index (χ3n) is 2.09. The molecule has 0 saturated heterocycles. The fraction of sp³-hybridized carbons (Fsp3) is 0.0909. The van der Waals surface area contributed by atoms with Crippen molar-refractivity contribution in [1.82, 2.24) is 9.97 Å². The normalized spacial score (nSPS) is 10.5. The van der Waals surface area contributed by atoms with Gasteiger partial charge in [0.2, 0.25) is 0 Å². The lowest BCUT2D eigenvalue weighted by Gasteiger charge is -2.05. The highest BCUT2D eigenvalue weighted by Gasteiger charge is 2.08. The highest BCUT2D eigenvalue weighted by atomic mass is 35.5. The van der Waals surface area contributed by atoms with Crippen LogP contribution in [0, 0.1) is 5.82 Å². The fourth-order valence-corrected chi connectivity index (χ4v) is 2.30.